The minimum absolute atomic E-state index is 0.00195. The van der Waals surface area contributed by atoms with Crippen molar-refractivity contribution < 1.29 is 9.53 Å². The monoisotopic (exact) mass is 396 g/mol. The molecule has 6 heteroatoms. The van der Waals surface area contributed by atoms with Crippen molar-refractivity contribution in [3.8, 4) is 5.75 Å². The predicted molar refractivity (Wildman–Crippen MR) is 119 cm³/mol. The normalized spacial score (nSPS) is 12.2. The van der Waals surface area contributed by atoms with E-state index in [1.165, 1.54) is 5.56 Å². The smallest absolute Gasteiger partial charge is 0.253 e. The number of benzene rings is 2. The van der Waals surface area contributed by atoms with Crippen molar-refractivity contribution in [3.63, 3.8) is 0 Å². The summed E-state index contributed by atoms with van der Waals surface area (Å²) in [5, 5.41) is 6.57. The van der Waals surface area contributed by atoms with Gasteiger partial charge in [0.15, 0.2) is 5.96 Å². The van der Waals surface area contributed by atoms with Gasteiger partial charge in [0, 0.05) is 26.2 Å². The van der Waals surface area contributed by atoms with Crippen LogP contribution < -0.4 is 15.4 Å². The molecule has 1 unspecified atom stereocenters. The number of aryl methyl sites for hydroxylation is 1. The molecule has 0 saturated heterocycles. The molecule has 0 heterocycles. The van der Waals surface area contributed by atoms with Gasteiger partial charge in [-0.1, -0.05) is 29.8 Å². The van der Waals surface area contributed by atoms with Crippen LogP contribution in [0.1, 0.15) is 35.3 Å². The standard InChI is InChI=1S/C23H32N4O2/c1-6-24-23(25-15-18(3)29-21-13-7-17(2)8-14-21)26-16-19-9-11-20(12-10-19)22(28)27(4)5/h7-14,18H,6,15-16H2,1-5H3,(H2,24,25,26). The molecular weight excluding hydrogens is 364 g/mol. The van der Waals surface area contributed by atoms with Gasteiger partial charge in [-0.15, -0.1) is 0 Å². The van der Waals surface area contributed by atoms with Crippen LogP contribution in [-0.2, 0) is 6.54 Å². The number of rotatable bonds is 8. The Morgan fingerprint density at radius 3 is 2.31 bits per heavy atom. The summed E-state index contributed by atoms with van der Waals surface area (Å²) in [6, 6.07) is 15.6. The van der Waals surface area contributed by atoms with Gasteiger partial charge < -0.3 is 20.3 Å². The quantitative estimate of drug-likeness (QED) is 0.531. The van der Waals surface area contributed by atoms with Crippen molar-refractivity contribution in [1.82, 2.24) is 15.5 Å². The van der Waals surface area contributed by atoms with E-state index >= 15 is 0 Å². The molecule has 2 N–H and O–H groups in total. The second-order valence-electron chi connectivity index (χ2n) is 7.21. The second kappa shape index (κ2) is 11.1. The Bertz CT molecular complexity index is 799. The molecule has 0 spiro atoms. The Hall–Kier alpha value is -3.02. The van der Waals surface area contributed by atoms with Crippen LogP contribution in [0.15, 0.2) is 53.5 Å². The fourth-order valence-corrected chi connectivity index (χ4v) is 2.65. The molecule has 1 amide bonds. The largest absolute Gasteiger partial charge is 0.489 e. The summed E-state index contributed by atoms with van der Waals surface area (Å²) in [6.07, 6.45) is -0.00195. The van der Waals surface area contributed by atoms with E-state index in [0.717, 1.165) is 23.8 Å². The third-order valence-electron chi connectivity index (χ3n) is 4.29. The van der Waals surface area contributed by atoms with Gasteiger partial charge in [-0.25, -0.2) is 4.99 Å². The topological polar surface area (TPSA) is 66.0 Å². The highest BCUT2D eigenvalue weighted by atomic mass is 16.5. The molecule has 1 atom stereocenters. The first-order valence-electron chi connectivity index (χ1n) is 9.95. The first-order chi connectivity index (χ1) is 13.9. The number of amides is 1. The molecule has 0 saturated carbocycles. The highest BCUT2D eigenvalue weighted by molar-refractivity contribution is 5.93. The fraction of sp³-hybridized carbons (Fsp3) is 0.391. The summed E-state index contributed by atoms with van der Waals surface area (Å²) in [5.41, 5.74) is 2.93. The molecule has 0 aliphatic rings. The van der Waals surface area contributed by atoms with E-state index in [4.69, 9.17) is 4.74 Å². The van der Waals surface area contributed by atoms with Crippen LogP contribution in [-0.4, -0.2) is 50.1 Å². The Kier molecular flexibility index (Phi) is 8.52. The van der Waals surface area contributed by atoms with Gasteiger partial charge in [-0.05, 0) is 50.6 Å². The summed E-state index contributed by atoms with van der Waals surface area (Å²) >= 11 is 0. The Morgan fingerprint density at radius 2 is 1.72 bits per heavy atom. The molecule has 0 aliphatic carbocycles. The van der Waals surface area contributed by atoms with Crippen molar-refractivity contribution in [3.05, 3.63) is 65.2 Å². The first-order valence-corrected chi connectivity index (χ1v) is 9.95. The van der Waals surface area contributed by atoms with Crippen molar-refractivity contribution in [1.29, 1.82) is 0 Å². The minimum atomic E-state index is -0.00220. The molecule has 6 nitrogen and oxygen atoms in total. The molecule has 156 valence electrons. The third-order valence-corrected chi connectivity index (χ3v) is 4.29. The average molecular weight is 397 g/mol. The Morgan fingerprint density at radius 1 is 1.07 bits per heavy atom. The van der Waals surface area contributed by atoms with E-state index in [1.807, 2.05) is 62.4 Å². The third kappa shape index (κ3) is 7.49. The minimum Gasteiger partial charge on any atom is -0.489 e. The number of guanidine groups is 1. The number of aliphatic imine (C=N–C) groups is 1. The summed E-state index contributed by atoms with van der Waals surface area (Å²) in [7, 11) is 3.50. The number of carbonyl (C=O) groups excluding carboxylic acids is 1. The molecule has 0 aliphatic heterocycles. The van der Waals surface area contributed by atoms with Crippen molar-refractivity contribution >= 4 is 11.9 Å². The lowest BCUT2D eigenvalue weighted by molar-refractivity contribution is 0.0827. The van der Waals surface area contributed by atoms with E-state index in [0.29, 0.717) is 18.7 Å². The number of nitrogens with one attached hydrogen (secondary N) is 2. The predicted octanol–water partition coefficient (Wildman–Crippen LogP) is 3.22. The van der Waals surface area contributed by atoms with Gasteiger partial charge in [0.2, 0.25) is 0 Å². The Labute approximate surface area is 174 Å². The average Bonchev–Trinajstić information content (AvgIpc) is 2.71. The molecule has 0 fully saturated rings. The molecule has 0 bridgehead atoms. The maximum Gasteiger partial charge on any atom is 0.253 e. The maximum absolute atomic E-state index is 12.0. The van der Waals surface area contributed by atoms with Crippen LogP contribution in [0.25, 0.3) is 0 Å². The Balaban J connectivity index is 1.90. The van der Waals surface area contributed by atoms with Crippen LogP contribution in [0, 0.1) is 6.92 Å². The number of hydrogen-bond donors (Lipinski definition) is 2. The van der Waals surface area contributed by atoms with E-state index < -0.39 is 0 Å². The zero-order valence-electron chi connectivity index (χ0n) is 18.0. The molecule has 2 aromatic carbocycles. The van der Waals surface area contributed by atoms with Crippen LogP contribution >= 0.6 is 0 Å². The molecule has 0 aromatic heterocycles. The lowest BCUT2D eigenvalue weighted by Crippen LogP contribution is -2.41. The molecule has 29 heavy (non-hydrogen) atoms. The number of nitrogens with zero attached hydrogens (tertiary/aromatic N) is 2. The zero-order valence-corrected chi connectivity index (χ0v) is 18.0. The van der Waals surface area contributed by atoms with Crippen LogP contribution in [0.4, 0.5) is 0 Å². The van der Waals surface area contributed by atoms with Gasteiger partial charge in [-0.2, -0.15) is 0 Å². The zero-order chi connectivity index (χ0) is 21.2. The second-order valence-corrected chi connectivity index (χ2v) is 7.21. The van der Waals surface area contributed by atoms with Gasteiger partial charge >= 0.3 is 0 Å². The maximum atomic E-state index is 12.0. The van der Waals surface area contributed by atoms with Crippen molar-refractivity contribution in [2.24, 2.45) is 4.99 Å². The number of ether oxygens (including phenoxy) is 1. The van der Waals surface area contributed by atoms with Gasteiger partial charge in [-0.3, -0.25) is 4.79 Å². The summed E-state index contributed by atoms with van der Waals surface area (Å²) in [4.78, 5) is 18.2. The summed E-state index contributed by atoms with van der Waals surface area (Å²) in [6.45, 7) is 8.05. The number of carbonyl (C=O) groups is 1. The summed E-state index contributed by atoms with van der Waals surface area (Å²) in [5.74, 6) is 1.59. The lowest BCUT2D eigenvalue weighted by Gasteiger charge is -2.18. The highest BCUT2D eigenvalue weighted by Gasteiger charge is 2.08. The molecular formula is C23H32N4O2. The van der Waals surface area contributed by atoms with Crippen molar-refractivity contribution in [2.75, 3.05) is 27.2 Å². The lowest BCUT2D eigenvalue weighted by atomic mass is 10.1. The van der Waals surface area contributed by atoms with Crippen molar-refractivity contribution in [2.45, 2.75) is 33.4 Å². The highest BCUT2D eigenvalue weighted by Crippen LogP contribution is 2.13. The van der Waals surface area contributed by atoms with Gasteiger partial charge in [0.25, 0.3) is 5.91 Å². The van der Waals surface area contributed by atoms with Crippen LogP contribution in [0.5, 0.6) is 5.75 Å². The van der Waals surface area contributed by atoms with E-state index in [9.17, 15) is 4.79 Å². The SMILES string of the molecule is CCNC(=NCc1ccc(C(=O)N(C)C)cc1)NCC(C)Oc1ccc(C)cc1. The molecule has 2 rings (SSSR count). The summed E-state index contributed by atoms with van der Waals surface area (Å²) < 4.78 is 5.93. The fourth-order valence-electron chi connectivity index (χ4n) is 2.65. The molecule has 0 radical (unpaired) electrons. The van der Waals surface area contributed by atoms with Crippen LogP contribution in [0.3, 0.4) is 0 Å². The van der Waals surface area contributed by atoms with E-state index in [1.54, 1.807) is 19.0 Å². The van der Waals surface area contributed by atoms with E-state index in [-0.39, 0.29) is 12.0 Å². The first kappa shape index (κ1) is 22.3. The van der Waals surface area contributed by atoms with Gasteiger partial charge in [0.1, 0.15) is 11.9 Å². The van der Waals surface area contributed by atoms with Crippen LogP contribution in [0.2, 0.25) is 0 Å². The van der Waals surface area contributed by atoms with E-state index in [2.05, 4.69) is 22.5 Å². The van der Waals surface area contributed by atoms with Gasteiger partial charge in [0.05, 0.1) is 13.1 Å². The molecule has 2 aromatic rings. The number of hydrogen-bond acceptors (Lipinski definition) is 3.